The highest BCUT2D eigenvalue weighted by Gasteiger charge is 2.27. The molecular formula is C19H17ClN2O4S. The normalized spacial score (nSPS) is 16.6. The van der Waals surface area contributed by atoms with Crippen LogP contribution in [0.1, 0.15) is 6.92 Å². The Morgan fingerprint density at radius 1 is 1.33 bits per heavy atom. The lowest BCUT2D eigenvalue weighted by molar-refractivity contribution is -0.127. The van der Waals surface area contributed by atoms with Gasteiger partial charge in [0.05, 0.1) is 16.8 Å². The highest BCUT2D eigenvalue weighted by molar-refractivity contribution is 7.17. The number of carbonyl (C=O) groups excluding carboxylic acids is 1. The second-order valence-corrected chi connectivity index (χ2v) is 7.26. The number of ether oxygens (including phenoxy) is 3. The summed E-state index contributed by atoms with van der Waals surface area (Å²) in [4.78, 5) is 17.6. The first kappa shape index (κ1) is 17.9. The molecule has 0 bridgehead atoms. The van der Waals surface area contributed by atoms with Crippen molar-refractivity contribution in [3.05, 3.63) is 46.2 Å². The maximum absolute atomic E-state index is 12.7. The summed E-state index contributed by atoms with van der Waals surface area (Å²) >= 11 is 7.69. The second kappa shape index (κ2) is 7.25. The minimum absolute atomic E-state index is 0.125. The number of hydrogen-bond acceptors (Lipinski definition) is 5. The van der Waals surface area contributed by atoms with Crippen molar-refractivity contribution in [1.82, 2.24) is 4.57 Å². The third-order valence-electron chi connectivity index (χ3n) is 4.27. The van der Waals surface area contributed by atoms with Crippen LogP contribution in [0.25, 0.3) is 10.2 Å². The van der Waals surface area contributed by atoms with E-state index in [-0.39, 0.29) is 6.61 Å². The molecule has 0 spiro atoms. The van der Waals surface area contributed by atoms with Crippen molar-refractivity contribution in [3.8, 4) is 17.2 Å². The van der Waals surface area contributed by atoms with Crippen LogP contribution >= 0.6 is 22.9 Å². The Bertz CT molecular complexity index is 1090. The number of methoxy groups -OCH3 is 1. The zero-order chi connectivity index (χ0) is 19.0. The van der Waals surface area contributed by atoms with Gasteiger partial charge in [0.15, 0.2) is 16.3 Å². The molecule has 0 saturated carbocycles. The first-order valence-corrected chi connectivity index (χ1v) is 9.64. The predicted octanol–water partition coefficient (Wildman–Crippen LogP) is 3.65. The third kappa shape index (κ3) is 3.17. The van der Waals surface area contributed by atoms with Crippen molar-refractivity contribution in [1.29, 1.82) is 0 Å². The van der Waals surface area contributed by atoms with E-state index >= 15 is 0 Å². The number of amides is 1. The van der Waals surface area contributed by atoms with E-state index < -0.39 is 12.0 Å². The maximum atomic E-state index is 12.7. The number of para-hydroxylation sites is 2. The molecule has 1 atom stereocenters. The van der Waals surface area contributed by atoms with Crippen molar-refractivity contribution in [2.45, 2.75) is 19.6 Å². The number of rotatable bonds is 3. The summed E-state index contributed by atoms with van der Waals surface area (Å²) in [5, 5.41) is 0.595. The first-order chi connectivity index (χ1) is 13.1. The molecular weight excluding hydrogens is 388 g/mol. The van der Waals surface area contributed by atoms with Crippen molar-refractivity contribution in [2.24, 2.45) is 4.99 Å². The van der Waals surface area contributed by atoms with E-state index in [1.54, 1.807) is 25.3 Å². The Labute approximate surface area is 164 Å². The molecule has 1 amide bonds. The molecule has 1 aliphatic rings. The average Bonchev–Trinajstić information content (AvgIpc) is 3.07. The Hall–Kier alpha value is -2.51. The van der Waals surface area contributed by atoms with Gasteiger partial charge in [-0.3, -0.25) is 4.79 Å². The van der Waals surface area contributed by atoms with Crippen molar-refractivity contribution in [3.63, 3.8) is 0 Å². The van der Waals surface area contributed by atoms with Crippen LogP contribution in [-0.4, -0.2) is 30.3 Å². The van der Waals surface area contributed by atoms with Crippen LogP contribution in [0.4, 0.5) is 0 Å². The molecule has 0 radical (unpaired) electrons. The van der Waals surface area contributed by atoms with Crippen LogP contribution in [0.5, 0.6) is 17.2 Å². The van der Waals surface area contributed by atoms with Crippen LogP contribution < -0.4 is 19.0 Å². The molecule has 0 fully saturated rings. The van der Waals surface area contributed by atoms with Gasteiger partial charge in [0.1, 0.15) is 17.9 Å². The lowest BCUT2D eigenvalue weighted by Gasteiger charge is -2.23. The predicted molar refractivity (Wildman–Crippen MR) is 104 cm³/mol. The summed E-state index contributed by atoms with van der Waals surface area (Å²) in [5.41, 5.74) is 0.829. The lowest BCUT2D eigenvalue weighted by atomic mass is 10.2. The van der Waals surface area contributed by atoms with Crippen LogP contribution in [0, 0.1) is 0 Å². The molecule has 27 heavy (non-hydrogen) atoms. The van der Waals surface area contributed by atoms with Crippen LogP contribution in [0.15, 0.2) is 41.4 Å². The number of thiazole rings is 1. The number of aryl methyl sites for hydroxylation is 1. The number of fused-ring (bicyclic) bond motifs is 2. The number of benzene rings is 2. The number of carbonyl (C=O) groups is 1. The zero-order valence-corrected chi connectivity index (χ0v) is 16.3. The van der Waals surface area contributed by atoms with Gasteiger partial charge in [-0.25, -0.2) is 0 Å². The third-order valence-corrected chi connectivity index (χ3v) is 5.81. The van der Waals surface area contributed by atoms with E-state index in [0.717, 1.165) is 10.2 Å². The van der Waals surface area contributed by atoms with Gasteiger partial charge < -0.3 is 18.8 Å². The molecule has 6 nitrogen and oxygen atoms in total. The van der Waals surface area contributed by atoms with Crippen molar-refractivity contribution in [2.75, 3.05) is 13.7 Å². The molecule has 2 heterocycles. The molecule has 8 heteroatoms. The molecule has 140 valence electrons. The van der Waals surface area contributed by atoms with Gasteiger partial charge in [-0.15, -0.1) is 0 Å². The fourth-order valence-electron chi connectivity index (χ4n) is 2.97. The number of hydrogen-bond donors (Lipinski definition) is 0. The SMILES string of the molecule is CCn1c(=NC(=O)[C@@H]2COc3ccccc3O2)sc2c(Cl)ccc(OC)c21. The van der Waals surface area contributed by atoms with E-state index in [4.69, 9.17) is 25.8 Å². The highest BCUT2D eigenvalue weighted by Crippen LogP contribution is 2.34. The highest BCUT2D eigenvalue weighted by atomic mass is 35.5. The fraction of sp³-hybridized carbons (Fsp3) is 0.263. The van der Waals surface area contributed by atoms with Crippen LogP contribution in [-0.2, 0) is 11.3 Å². The lowest BCUT2D eigenvalue weighted by Crippen LogP contribution is -2.36. The van der Waals surface area contributed by atoms with Crippen LogP contribution in [0.3, 0.4) is 0 Å². The largest absolute Gasteiger partial charge is 0.495 e. The van der Waals surface area contributed by atoms with Gasteiger partial charge in [0.25, 0.3) is 5.91 Å². The minimum Gasteiger partial charge on any atom is -0.495 e. The van der Waals surface area contributed by atoms with E-state index in [1.165, 1.54) is 11.3 Å². The van der Waals surface area contributed by atoms with E-state index in [0.29, 0.717) is 33.6 Å². The topological polar surface area (TPSA) is 62.1 Å². The summed E-state index contributed by atoms with van der Waals surface area (Å²) < 4.78 is 19.6. The summed E-state index contributed by atoms with van der Waals surface area (Å²) in [6.45, 7) is 2.72. The Morgan fingerprint density at radius 3 is 2.85 bits per heavy atom. The van der Waals surface area contributed by atoms with E-state index in [9.17, 15) is 4.79 Å². The molecule has 1 aliphatic heterocycles. The van der Waals surface area contributed by atoms with E-state index in [1.807, 2.05) is 29.7 Å². The molecule has 4 rings (SSSR count). The Kier molecular flexibility index (Phi) is 4.80. The quantitative estimate of drug-likeness (QED) is 0.668. The molecule has 1 aromatic heterocycles. The van der Waals surface area contributed by atoms with Gasteiger partial charge in [-0.2, -0.15) is 4.99 Å². The number of halogens is 1. The molecule has 0 saturated heterocycles. The van der Waals surface area contributed by atoms with Gasteiger partial charge >= 0.3 is 0 Å². The van der Waals surface area contributed by atoms with Gasteiger partial charge in [-0.05, 0) is 31.2 Å². The summed E-state index contributed by atoms with van der Waals surface area (Å²) in [5.74, 6) is 1.46. The van der Waals surface area contributed by atoms with Gasteiger partial charge in [0.2, 0.25) is 6.10 Å². The molecule has 2 aromatic carbocycles. The first-order valence-electron chi connectivity index (χ1n) is 8.45. The average molecular weight is 405 g/mol. The summed E-state index contributed by atoms with van der Waals surface area (Å²) in [7, 11) is 1.60. The van der Waals surface area contributed by atoms with Crippen molar-refractivity contribution < 1.29 is 19.0 Å². The smallest absolute Gasteiger partial charge is 0.292 e. The Balaban J connectivity index is 1.75. The van der Waals surface area contributed by atoms with Gasteiger partial charge in [0, 0.05) is 6.54 Å². The summed E-state index contributed by atoms with van der Waals surface area (Å²) in [6.07, 6.45) is -0.784. The van der Waals surface area contributed by atoms with Crippen LogP contribution in [0.2, 0.25) is 5.02 Å². The monoisotopic (exact) mass is 404 g/mol. The molecule has 3 aromatic rings. The zero-order valence-electron chi connectivity index (χ0n) is 14.8. The summed E-state index contributed by atoms with van der Waals surface area (Å²) in [6, 6.07) is 10.8. The number of nitrogens with zero attached hydrogens (tertiary/aromatic N) is 2. The standard InChI is InChI=1S/C19H17ClN2O4S/c1-3-22-16-14(24-2)9-8-11(20)17(16)27-19(22)21-18(23)15-10-25-12-6-4-5-7-13(12)26-15/h4-9,15H,3,10H2,1-2H3/t15-/m0/s1. The Morgan fingerprint density at radius 2 is 2.11 bits per heavy atom. The van der Waals surface area contributed by atoms with E-state index in [2.05, 4.69) is 4.99 Å². The van der Waals surface area contributed by atoms with Crippen molar-refractivity contribution >= 4 is 39.1 Å². The maximum Gasteiger partial charge on any atom is 0.292 e. The fourth-order valence-corrected chi connectivity index (χ4v) is 4.36. The minimum atomic E-state index is -0.784. The molecule has 0 aliphatic carbocycles. The second-order valence-electron chi connectivity index (χ2n) is 5.87. The molecule has 0 unspecified atom stereocenters. The number of aromatic nitrogens is 1. The molecule has 0 N–H and O–H groups in total. The van der Waals surface area contributed by atoms with Gasteiger partial charge in [-0.1, -0.05) is 35.1 Å².